The van der Waals surface area contributed by atoms with Crippen LogP contribution in [0.2, 0.25) is 0 Å². The molecule has 0 heterocycles. The third kappa shape index (κ3) is 0.972. The lowest BCUT2D eigenvalue weighted by Gasteiger charge is -2.21. The molecule has 0 bridgehead atoms. The summed E-state index contributed by atoms with van der Waals surface area (Å²) in [7, 11) is 0. The molecular weight excluding hydrogens is 144 g/mol. The second-order valence-electron chi connectivity index (χ2n) is 3.98. The van der Waals surface area contributed by atoms with Gasteiger partial charge in [-0.1, -0.05) is 19.3 Å². The van der Waals surface area contributed by atoms with Crippen molar-refractivity contribution in [3.05, 3.63) is 0 Å². The van der Waals surface area contributed by atoms with Crippen LogP contribution in [0.1, 0.15) is 38.5 Å². The van der Waals surface area contributed by atoms with Crippen molar-refractivity contribution in [2.45, 2.75) is 38.5 Å². The minimum atomic E-state index is 0.764. The third-order valence-corrected chi connectivity index (χ3v) is 3.77. The summed E-state index contributed by atoms with van der Waals surface area (Å²) in [6.07, 6.45) is 8.79. The van der Waals surface area contributed by atoms with Crippen LogP contribution >= 0.6 is 11.6 Å². The van der Waals surface area contributed by atoms with Gasteiger partial charge in [0.15, 0.2) is 0 Å². The molecule has 0 radical (unpaired) electrons. The van der Waals surface area contributed by atoms with Crippen molar-refractivity contribution in [1.29, 1.82) is 0 Å². The van der Waals surface area contributed by atoms with Gasteiger partial charge < -0.3 is 0 Å². The lowest BCUT2D eigenvalue weighted by Crippen LogP contribution is -2.09. The summed E-state index contributed by atoms with van der Waals surface area (Å²) in [5.74, 6) is 1.81. The van der Waals surface area contributed by atoms with Crippen molar-refractivity contribution in [2.75, 3.05) is 5.88 Å². The summed E-state index contributed by atoms with van der Waals surface area (Å²) < 4.78 is 0. The van der Waals surface area contributed by atoms with Crippen molar-refractivity contribution < 1.29 is 0 Å². The zero-order valence-corrected chi connectivity index (χ0v) is 7.16. The van der Waals surface area contributed by atoms with Gasteiger partial charge in [0.2, 0.25) is 0 Å². The number of rotatable bonds is 1. The first-order valence-corrected chi connectivity index (χ1v) is 4.97. The van der Waals surface area contributed by atoms with E-state index in [0.717, 1.165) is 17.2 Å². The Kier molecular flexibility index (Phi) is 1.68. The smallest absolute Gasteiger partial charge is 0.0257 e. The Balaban J connectivity index is 1.92. The van der Waals surface area contributed by atoms with E-state index in [-0.39, 0.29) is 0 Å². The molecule has 0 N–H and O–H groups in total. The standard InChI is InChI=1S/C9H15Cl/c10-7-8-6-9(8)4-2-1-3-5-9/h8H,1-7H2. The average Bonchev–Trinajstić information content (AvgIpc) is 2.65. The monoisotopic (exact) mass is 158 g/mol. The zero-order chi connectivity index (χ0) is 7.03. The van der Waals surface area contributed by atoms with Crippen LogP contribution in [0.5, 0.6) is 0 Å². The molecule has 2 saturated carbocycles. The first kappa shape index (κ1) is 6.97. The van der Waals surface area contributed by atoms with Gasteiger partial charge >= 0.3 is 0 Å². The van der Waals surface area contributed by atoms with E-state index in [1.54, 1.807) is 0 Å². The Morgan fingerprint density at radius 1 is 1.20 bits per heavy atom. The Bertz CT molecular complexity index is 125. The van der Waals surface area contributed by atoms with Gasteiger partial charge in [0.25, 0.3) is 0 Å². The summed E-state index contributed by atoms with van der Waals surface area (Å²) in [5, 5.41) is 0. The Morgan fingerprint density at radius 3 is 2.40 bits per heavy atom. The van der Waals surface area contributed by atoms with Crippen LogP contribution in [0, 0.1) is 11.3 Å². The van der Waals surface area contributed by atoms with E-state index in [4.69, 9.17) is 11.6 Å². The fourth-order valence-corrected chi connectivity index (χ4v) is 2.95. The summed E-state index contributed by atoms with van der Waals surface area (Å²) in [5.41, 5.74) is 0.764. The number of alkyl halides is 1. The maximum absolute atomic E-state index is 5.82. The van der Waals surface area contributed by atoms with E-state index in [2.05, 4.69) is 0 Å². The molecule has 0 amide bonds. The van der Waals surface area contributed by atoms with Crippen LogP contribution in [-0.4, -0.2) is 5.88 Å². The number of hydrogen-bond acceptors (Lipinski definition) is 0. The van der Waals surface area contributed by atoms with E-state index in [1.807, 2.05) is 0 Å². The van der Waals surface area contributed by atoms with Crippen LogP contribution in [0.3, 0.4) is 0 Å². The summed E-state index contributed by atoms with van der Waals surface area (Å²) in [6, 6.07) is 0. The van der Waals surface area contributed by atoms with Crippen LogP contribution < -0.4 is 0 Å². The molecule has 0 aromatic carbocycles. The van der Waals surface area contributed by atoms with Gasteiger partial charge in [0, 0.05) is 5.88 Å². The first-order valence-electron chi connectivity index (χ1n) is 4.43. The van der Waals surface area contributed by atoms with E-state index >= 15 is 0 Å². The highest BCUT2D eigenvalue weighted by molar-refractivity contribution is 6.18. The molecular formula is C9H15Cl. The molecule has 1 spiro atoms. The highest BCUT2D eigenvalue weighted by atomic mass is 35.5. The largest absolute Gasteiger partial charge is 0.126 e. The minimum Gasteiger partial charge on any atom is -0.126 e. The van der Waals surface area contributed by atoms with Crippen LogP contribution in [-0.2, 0) is 0 Å². The van der Waals surface area contributed by atoms with Crippen molar-refractivity contribution in [3.8, 4) is 0 Å². The predicted molar refractivity (Wildman–Crippen MR) is 44.3 cm³/mol. The van der Waals surface area contributed by atoms with Gasteiger partial charge in [0.05, 0.1) is 0 Å². The fourth-order valence-electron chi connectivity index (χ4n) is 2.52. The zero-order valence-electron chi connectivity index (χ0n) is 6.41. The Hall–Kier alpha value is 0.290. The van der Waals surface area contributed by atoms with E-state index in [0.29, 0.717) is 0 Å². The lowest BCUT2D eigenvalue weighted by atomic mass is 9.85. The molecule has 2 aliphatic rings. The molecule has 2 aliphatic carbocycles. The lowest BCUT2D eigenvalue weighted by molar-refractivity contribution is 0.314. The molecule has 58 valence electrons. The molecule has 10 heavy (non-hydrogen) atoms. The van der Waals surface area contributed by atoms with Crippen molar-refractivity contribution in [3.63, 3.8) is 0 Å². The summed E-state index contributed by atoms with van der Waals surface area (Å²) in [4.78, 5) is 0. The number of halogens is 1. The van der Waals surface area contributed by atoms with Gasteiger partial charge in [-0.05, 0) is 30.6 Å². The molecule has 0 aromatic rings. The van der Waals surface area contributed by atoms with Gasteiger partial charge in [-0.2, -0.15) is 0 Å². The average molecular weight is 159 g/mol. The van der Waals surface area contributed by atoms with Gasteiger partial charge in [-0.25, -0.2) is 0 Å². The topological polar surface area (TPSA) is 0 Å². The molecule has 0 aromatic heterocycles. The first-order chi connectivity index (χ1) is 4.87. The van der Waals surface area contributed by atoms with Crippen molar-refractivity contribution in [1.82, 2.24) is 0 Å². The maximum Gasteiger partial charge on any atom is 0.0257 e. The predicted octanol–water partition coefficient (Wildman–Crippen LogP) is 3.20. The van der Waals surface area contributed by atoms with Gasteiger partial charge in [-0.3, -0.25) is 0 Å². The molecule has 1 atom stereocenters. The minimum absolute atomic E-state index is 0.764. The normalized spacial score (nSPS) is 36.3. The van der Waals surface area contributed by atoms with Crippen molar-refractivity contribution in [2.24, 2.45) is 11.3 Å². The molecule has 1 unspecified atom stereocenters. The summed E-state index contributed by atoms with van der Waals surface area (Å²) >= 11 is 5.82. The van der Waals surface area contributed by atoms with Gasteiger partial charge in [0.1, 0.15) is 0 Å². The molecule has 0 saturated heterocycles. The van der Waals surface area contributed by atoms with E-state index in [1.165, 1.54) is 38.5 Å². The summed E-state index contributed by atoms with van der Waals surface area (Å²) in [6.45, 7) is 0. The SMILES string of the molecule is ClCC1CC12CCCCC2. The molecule has 1 heteroatoms. The second-order valence-corrected chi connectivity index (χ2v) is 4.29. The second kappa shape index (κ2) is 2.41. The van der Waals surface area contributed by atoms with Crippen LogP contribution in [0.15, 0.2) is 0 Å². The molecule has 2 fully saturated rings. The van der Waals surface area contributed by atoms with Crippen molar-refractivity contribution >= 4 is 11.6 Å². The Morgan fingerprint density at radius 2 is 1.90 bits per heavy atom. The van der Waals surface area contributed by atoms with Gasteiger partial charge in [-0.15, -0.1) is 11.6 Å². The highest BCUT2D eigenvalue weighted by Gasteiger charge is 2.52. The third-order valence-electron chi connectivity index (χ3n) is 3.39. The number of hydrogen-bond donors (Lipinski definition) is 0. The maximum atomic E-state index is 5.82. The molecule has 0 aliphatic heterocycles. The van der Waals surface area contributed by atoms with Crippen LogP contribution in [0.25, 0.3) is 0 Å². The molecule has 0 nitrogen and oxygen atoms in total. The molecule has 2 rings (SSSR count). The van der Waals surface area contributed by atoms with E-state index in [9.17, 15) is 0 Å². The Labute approximate surface area is 68.0 Å². The van der Waals surface area contributed by atoms with E-state index < -0.39 is 0 Å². The quantitative estimate of drug-likeness (QED) is 0.515. The highest BCUT2D eigenvalue weighted by Crippen LogP contribution is 2.61. The fraction of sp³-hybridized carbons (Fsp3) is 1.00. The van der Waals surface area contributed by atoms with Crippen LogP contribution in [0.4, 0.5) is 0 Å².